The number of hydrogen-bond donors (Lipinski definition) is 3. The van der Waals surface area contributed by atoms with Crippen LogP contribution in [0.5, 0.6) is 5.75 Å². The van der Waals surface area contributed by atoms with E-state index in [1.165, 1.54) is 31.9 Å². The molecule has 1 aliphatic carbocycles. The van der Waals surface area contributed by atoms with E-state index in [9.17, 15) is 0 Å². The zero-order valence-corrected chi connectivity index (χ0v) is 18.1. The molecule has 0 saturated carbocycles. The van der Waals surface area contributed by atoms with E-state index in [2.05, 4.69) is 77.5 Å². The van der Waals surface area contributed by atoms with Crippen molar-refractivity contribution in [3.8, 4) is 5.75 Å². The molecule has 5 rings (SSSR count). The summed E-state index contributed by atoms with van der Waals surface area (Å²) in [5.74, 6) is 0.906. The summed E-state index contributed by atoms with van der Waals surface area (Å²) in [5, 5.41) is 6.76. The number of halogens is 2. The van der Waals surface area contributed by atoms with Crippen molar-refractivity contribution in [2.45, 2.75) is 12.8 Å². The van der Waals surface area contributed by atoms with Gasteiger partial charge in [0.2, 0.25) is 0 Å². The van der Waals surface area contributed by atoms with Gasteiger partial charge in [-0.2, -0.15) is 0 Å². The Labute approximate surface area is 173 Å². The summed E-state index contributed by atoms with van der Waals surface area (Å²) in [7, 11) is 1.94. The third-order valence-electron chi connectivity index (χ3n) is 5.22. The van der Waals surface area contributed by atoms with Crippen LogP contribution in [0.3, 0.4) is 0 Å². The number of aromatic nitrogens is 2. The smallest absolute Gasteiger partial charge is 0.167 e. The van der Waals surface area contributed by atoms with Crippen molar-refractivity contribution in [1.82, 2.24) is 15.3 Å². The highest BCUT2D eigenvalue weighted by molar-refractivity contribution is 9.11. The molecule has 0 unspecified atom stereocenters. The molecule has 27 heavy (non-hydrogen) atoms. The predicted molar refractivity (Wildman–Crippen MR) is 120 cm³/mol. The third-order valence-corrected chi connectivity index (χ3v) is 6.34. The Morgan fingerprint density at radius 3 is 2.74 bits per heavy atom. The Kier molecular flexibility index (Phi) is 4.30. The van der Waals surface area contributed by atoms with Crippen LogP contribution in [0.1, 0.15) is 17.7 Å². The van der Waals surface area contributed by atoms with Crippen LogP contribution in [0.25, 0.3) is 38.8 Å². The molecule has 0 radical (unpaired) electrons. The van der Waals surface area contributed by atoms with Crippen LogP contribution in [0.2, 0.25) is 0 Å². The van der Waals surface area contributed by atoms with Crippen LogP contribution in [0.4, 0.5) is 0 Å². The third kappa shape index (κ3) is 2.82. The maximum Gasteiger partial charge on any atom is 0.167 e. The van der Waals surface area contributed by atoms with Crippen LogP contribution < -0.4 is 10.1 Å². The summed E-state index contributed by atoms with van der Waals surface area (Å²) < 4.78 is 8.59. The van der Waals surface area contributed by atoms with E-state index in [1.807, 2.05) is 7.05 Å². The minimum Gasteiger partial charge on any atom is -0.488 e. The molecule has 2 aromatic carbocycles. The Bertz CT molecular complexity index is 1220. The maximum atomic E-state index is 6.27. The van der Waals surface area contributed by atoms with E-state index < -0.39 is 0 Å². The van der Waals surface area contributed by atoms with Gasteiger partial charge in [0.05, 0.1) is 11.0 Å². The zero-order chi connectivity index (χ0) is 18.5. The average molecular weight is 489 g/mol. The molecule has 2 aromatic heterocycles. The molecular formula is C21H19Br2N3O. The molecule has 4 aromatic rings. The summed E-state index contributed by atoms with van der Waals surface area (Å²) in [6.45, 7) is 1.42. The lowest BCUT2D eigenvalue weighted by Gasteiger charge is -2.09. The molecule has 0 aliphatic heterocycles. The minimum atomic E-state index is 0.618. The topological polar surface area (TPSA) is 52.8 Å². The van der Waals surface area contributed by atoms with Gasteiger partial charge in [0.15, 0.2) is 5.75 Å². The van der Waals surface area contributed by atoms with E-state index in [0.717, 1.165) is 46.2 Å². The molecule has 0 bridgehead atoms. The van der Waals surface area contributed by atoms with E-state index >= 15 is 0 Å². The molecule has 1 aliphatic rings. The molecule has 0 spiro atoms. The highest BCUT2D eigenvalue weighted by atomic mass is 79.9. The second kappa shape index (κ2) is 6.69. The quantitative estimate of drug-likeness (QED) is 0.316. The summed E-state index contributed by atoms with van der Waals surface area (Å²) in [6.07, 6.45) is 4.28. The van der Waals surface area contributed by atoms with Crippen LogP contribution in [-0.4, -0.2) is 30.2 Å². The Hall–Kier alpha value is -1.76. The molecule has 3 N–H and O–H groups in total. The second-order valence-corrected chi connectivity index (χ2v) is 8.86. The number of rotatable bonds is 4. The number of allylic oxidation sites excluding steroid dienone is 1. The lowest BCUT2D eigenvalue weighted by atomic mass is 10.0. The molecule has 0 saturated heterocycles. The number of aryl methyl sites for hydroxylation is 1. The van der Waals surface area contributed by atoms with Crippen LogP contribution in [-0.2, 0) is 6.42 Å². The van der Waals surface area contributed by atoms with Crippen molar-refractivity contribution in [3.05, 3.63) is 44.5 Å². The van der Waals surface area contributed by atoms with Gasteiger partial charge in [-0.15, -0.1) is 0 Å². The first-order chi connectivity index (χ1) is 13.2. The monoisotopic (exact) mass is 487 g/mol. The standard InChI is InChI=1S/C21H19Br2N3O/c1-24-6-7-27-21-19-15(13-8-11(22)2-4-17(13)25-19)10-16-14-9-12(23)3-5-18(14)26-20(16)21/h2,4,8-10,24-26H,3,5-7H2,1H3. The van der Waals surface area contributed by atoms with Crippen molar-refractivity contribution in [1.29, 1.82) is 0 Å². The minimum absolute atomic E-state index is 0.618. The number of likely N-dealkylation sites (N-methyl/N-ethyl adjacent to an activating group) is 1. The van der Waals surface area contributed by atoms with Crippen molar-refractivity contribution in [2.24, 2.45) is 0 Å². The molecule has 138 valence electrons. The van der Waals surface area contributed by atoms with Gasteiger partial charge in [-0.05, 0) is 54.7 Å². The van der Waals surface area contributed by atoms with Gasteiger partial charge >= 0.3 is 0 Å². The number of benzene rings is 2. The van der Waals surface area contributed by atoms with E-state index in [0.29, 0.717) is 6.61 Å². The molecule has 4 nitrogen and oxygen atoms in total. The maximum absolute atomic E-state index is 6.27. The number of fused-ring (bicyclic) bond motifs is 6. The summed E-state index contributed by atoms with van der Waals surface area (Å²) in [5.41, 5.74) is 5.79. The second-order valence-electron chi connectivity index (χ2n) is 6.93. The molecule has 0 fully saturated rings. The molecule has 0 atom stereocenters. The van der Waals surface area contributed by atoms with Crippen LogP contribution in [0, 0.1) is 0 Å². The van der Waals surface area contributed by atoms with E-state index in [1.54, 1.807) is 0 Å². The fourth-order valence-electron chi connectivity index (χ4n) is 3.93. The SMILES string of the molecule is CNCCOc1c2[nH]c3c(c2cc2c1[nH]c1ccc(Br)cc12)C=C(Br)CC3. The molecule has 6 heteroatoms. The molecule has 0 amide bonds. The normalized spacial score (nSPS) is 14.1. The first-order valence-corrected chi connectivity index (χ1v) is 10.7. The van der Waals surface area contributed by atoms with Crippen LogP contribution >= 0.6 is 31.9 Å². The first-order valence-electron chi connectivity index (χ1n) is 9.07. The van der Waals surface area contributed by atoms with Crippen LogP contribution in [0.15, 0.2) is 33.2 Å². The zero-order valence-electron chi connectivity index (χ0n) is 14.9. The number of aromatic amines is 2. The van der Waals surface area contributed by atoms with Gasteiger partial charge in [0.25, 0.3) is 0 Å². The van der Waals surface area contributed by atoms with Gasteiger partial charge in [0.1, 0.15) is 6.61 Å². The van der Waals surface area contributed by atoms with Gasteiger partial charge in [-0.3, -0.25) is 0 Å². The van der Waals surface area contributed by atoms with Gasteiger partial charge < -0.3 is 20.0 Å². The summed E-state index contributed by atoms with van der Waals surface area (Å²) >= 11 is 7.29. The molecule has 2 heterocycles. The summed E-state index contributed by atoms with van der Waals surface area (Å²) in [4.78, 5) is 7.21. The lowest BCUT2D eigenvalue weighted by Crippen LogP contribution is -2.16. The van der Waals surface area contributed by atoms with Crippen molar-refractivity contribution >= 4 is 70.6 Å². The first kappa shape index (κ1) is 17.3. The van der Waals surface area contributed by atoms with Gasteiger partial charge in [0, 0.05) is 44.0 Å². The Morgan fingerprint density at radius 2 is 1.89 bits per heavy atom. The van der Waals surface area contributed by atoms with Crippen molar-refractivity contribution in [2.75, 3.05) is 20.2 Å². The number of ether oxygens (including phenoxy) is 1. The van der Waals surface area contributed by atoms with E-state index in [-0.39, 0.29) is 0 Å². The van der Waals surface area contributed by atoms with Crippen molar-refractivity contribution in [3.63, 3.8) is 0 Å². The fourth-order valence-corrected chi connectivity index (χ4v) is 4.72. The molecular weight excluding hydrogens is 470 g/mol. The highest BCUT2D eigenvalue weighted by Gasteiger charge is 2.21. The number of H-pyrrole nitrogens is 2. The number of hydrogen-bond acceptors (Lipinski definition) is 2. The highest BCUT2D eigenvalue weighted by Crippen LogP contribution is 2.42. The fraction of sp³-hybridized carbons (Fsp3) is 0.238. The van der Waals surface area contributed by atoms with E-state index in [4.69, 9.17) is 4.74 Å². The van der Waals surface area contributed by atoms with Crippen molar-refractivity contribution < 1.29 is 4.74 Å². The predicted octanol–water partition coefficient (Wildman–Crippen LogP) is 5.85. The average Bonchev–Trinajstić information content (AvgIpc) is 3.19. The Balaban J connectivity index is 1.86. The summed E-state index contributed by atoms with van der Waals surface area (Å²) in [6, 6.07) is 8.63. The van der Waals surface area contributed by atoms with Gasteiger partial charge in [-0.25, -0.2) is 0 Å². The number of nitrogens with one attached hydrogen (secondary N) is 3. The Morgan fingerprint density at radius 1 is 1.04 bits per heavy atom. The van der Waals surface area contributed by atoms with Gasteiger partial charge in [-0.1, -0.05) is 31.9 Å². The lowest BCUT2D eigenvalue weighted by molar-refractivity contribution is 0.324. The largest absolute Gasteiger partial charge is 0.488 e.